The third kappa shape index (κ3) is 15.1. The SMILES string of the molecule is CCC.CCC.CCCCCCC1(CCCCCC)c2cc(/C=C/c3ccc(/C=C/c4ccc(C#N)cc4)cc3)ccc2-c2ccc(/C=C/c3ccc(/C=C/c4ccc(C#N)cc4)cc3)cc21. The van der Waals surface area contributed by atoms with Gasteiger partial charge in [0, 0.05) is 5.41 Å². The van der Waals surface area contributed by atoms with Gasteiger partial charge in [0.1, 0.15) is 0 Å². The lowest BCUT2D eigenvalue weighted by Gasteiger charge is -2.33. The molecule has 0 N–H and O–H groups in total. The van der Waals surface area contributed by atoms with E-state index in [0.717, 1.165) is 22.3 Å². The van der Waals surface area contributed by atoms with Crippen molar-refractivity contribution in [1.29, 1.82) is 10.5 Å². The largest absolute Gasteiger partial charge is 0.192 e. The number of hydrogen-bond donors (Lipinski definition) is 0. The van der Waals surface area contributed by atoms with E-state index in [4.69, 9.17) is 10.5 Å². The minimum atomic E-state index is -0.00826. The number of hydrogen-bond acceptors (Lipinski definition) is 2. The highest BCUT2D eigenvalue weighted by molar-refractivity contribution is 5.85. The summed E-state index contributed by atoms with van der Waals surface area (Å²) in [5, 5.41) is 18.2. The van der Waals surface area contributed by atoms with Gasteiger partial charge in [-0.25, -0.2) is 0 Å². The van der Waals surface area contributed by atoms with Crippen LogP contribution >= 0.6 is 0 Å². The minimum absolute atomic E-state index is 0.00826. The molecule has 0 heterocycles. The first kappa shape index (κ1) is 51.2. The van der Waals surface area contributed by atoms with Crippen molar-refractivity contribution in [1.82, 2.24) is 0 Å². The smallest absolute Gasteiger partial charge is 0.0991 e. The Labute approximate surface area is 404 Å². The molecule has 2 heteroatoms. The summed E-state index contributed by atoms with van der Waals surface area (Å²) in [4.78, 5) is 0. The van der Waals surface area contributed by atoms with E-state index in [1.807, 2.05) is 48.5 Å². The normalized spacial score (nSPS) is 12.3. The fourth-order valence-corrected chi connectivity index (χ4v) is 8.65. The molecule has 342 valence electrons. The van der Waals surface area contributed by atoms with Crippen LogP contribution in [0.3, 0.4) is 0 Å². The summed E-state index contributed by atoms with van der Waals surface area (Å²) in [6.45, 7) is 13.1. The summed E-state index contributed by atoms with van der Waals surface area (Å²) < 4.78 is 0. The van der Waals surface area contributed by atoms with Crippen LogP contribution in [0.4, 0.5) is 0 Å². The third-order valence-corrected chi connectivity index (χ3v) is 12.1. The van der Waals surface area contributed by atoms with Crippen molar-refractivity contribution in [2.75, 3.05) is 0 Å². The Hall–Kier alpha value is -6.74. The van der Waals surface area contributed by atoms with E-state index in [1.54, 1.807) is 0 Å². The zero-order chi connectivity index (χ0) is 47.7. The van der Waals surface area contributed by atoms with Gasteiger partial charge < -0.3 is 0 Å². The molecule has 0 saturated heterocycles. The van der Waals surface area contributed by atoms with Gasteiger partial charge in [-0.15, -0.1) is 0 Å². The average molecular weight is 881 g/mol. The van der Waals surface area contributed by atoms with Crippen LogP contribution in [0.25, 0.3) is 59.7 Å². The number of unbranched alkanes of at least 4 members (excludes halogenated alkanes) is 6. The second kappa shape index (κ2) is 27.7. The predicted molar refractivity (Wildman–Crippen MR) is 293 cm³/mol. The summed E-state index contributed by atoms with van der Waals surface area (Å²) in [5.41, 5.74) is 16.4. The Bertz CT molecular complexity index is 2430. The molecule has 0 spiro atoms. The Morgan fingerprint density at radius 2 is 0.597 bits per heavy atom. The maximum Gasteiger partial charge on any atom is 0.0991 e. The molecular formula is C65H72N2. The van der Waals surface area contributed by atoms with Gasteiger partial charge in [0.25, 0.3) is 0 Å². The number of rotatable bonds is 18. The van der Waals surface area contributed by atoms with Crippen molar-refractivity contribution in [2.24, 2.45) is 0 Å². The Kier molecular flexibility index (Phi) is 21.2. The lowest BCUT2D eigenvalue weighted by atomic mass is 9.70. The van der Waals surface area contributed by atoms with Gasteiger partial charge in [-0.1, -0.05) is 264 Å². The fraction of sp³-hybridized carbons (Fsp3) is 0.292. The van der Waals surface area contributed by atoms with Crippen molar-refractivity contribution in [3.05, 3.63) is 200 Å². The minimum Gasteiger partial charge on any atom is -0.192 e. The van der Waals surface area contributed by atoms with E-state index < -0.39 is 0 Å². The lowest BCUT2D eigenvalue weighted by molar-refractivity contribution is 0.401. The topological polar surface area (TPSA) is 47.6 Å². The van der Waals surface area contributed by atoms with Crippen molar-refractivity contribution >= 4 is 48.6 Å². The van der Waals surface area contributed by atoms with E-state index in [1.165, 1.54) is 122 Å². The van der Waals surface area contributed by atoms with E-state index in [-0.39, 0.29) is 5.41 Å². The maximum atomic E-state index is 9.09. The Balaban J connectivity index is 0.00000133. The number of nitrogens with zero attached hydrogens (tertiary/aromatic N) is 2. The van der Waals surface area contributed by atoms with Gasteiger partial charge in [-0.05, 0) is 104 Å². The second-order valence-electron chi connectivity index (χ2n) is 17.9. The lowest BCUT2D eigenvalue weighted by Crippen LogP contribution is -2.25. The molecular weight excluding hydrogens is 809 g/mol. The number of fused-ring (bicyclic) bond motifs is 3. The first-order valence-corrected chi connectivity index (χ1v) is 25.1. The Morgan fingerprint density at radius 3 is 0.866 bits per heavy atom. The molecule has 1 aliphatic carbocycles. The molecule has 67 heavy (non-hydrogen) atoms. The van der Waals surface area contributed by atoms with Gasteiger partial charge in [0.05, 0.1) is 23.3 Å². The standard InChI is InChI=1S/C59H56N2.2C3H8/c1-3-5-7-9-39-59(40-10-8-6-4-2)57-41-51(29-23-47-17-11-45(12-18-47)15-21-49-25-31-53(43-60)32-26-49)35-37-55(57)56-38-36-52(42-58(56)59)30-24-48-19-13-46(14-20-48)16-22-50-27-33-54(44-61)34-28-50;2*1-3-2/h11-38,41-42H,3-10,39-40H2,1-2H3;2*3H2,1-2H3/b21-15+,22-16+,29-23+,30-24+;;. The van der Waals surface area contributed by atoms with E-state index in [9.17, 15) is 0 Å². The molecule has 0 aromatic heterocycles. The predicted octanol–water partition coefficient (Wildman–Crippen LogP) is 19.2. The van der Waals surface area contributed by atoms with Gasteiger partial charge >= 0.3 is 0 Å². The van der Waals surface area contributed by atoms with Crippen molar-refractivity contribution in [3.63, 3.8) is 0 Å². The molecule has 0 fully saturated rings. The summed E-state index contributed by atoms with van der Waals surface area (Å²) in [6.07, 6.45) is 32.4. The van der Waals surface area contributed by atoms with Gasteiger partial charge in [-0.2, -0.15) is 10.5 Å². The van der Waals surface area contributed by atoms with Crippen LogP contribution < -0.4 is 0 Å². The van der Waals surface area contributed by atoms with Crippen molar-refractivity contribution in [2.45, 2.75) is 124 Å². The first-order valence-electron chi connectivity index (χ1n) is 25.1. The molecule has 0 atom stereocenters. The van der Waals surface area contributed by atoms with E-state index >= 15 is 0 Å². The van der Waals surface area contributed by atoms with E-state index in [0.29, 0.717) is 11.1 Å². The van der Waals surface area contributed by atoms with E-state index in [2.05, 4.69) is 187 Å². The fourth-order valence-electron chi connectivity index (χ4n) is 8.65. The molecule has 0 bridgehead atoms. The molecule has 6 aromatic rings. The number of benzene rings is 6. The third-order valence-electron chi connectivity index (χ3n) is 12.1. The highest BCUT2D eigenvalue weighted by Gasteiger charge is 2.42. The first-order chi connectivity index (χ1) is 32.8. The molecule has 6 aromatic carbocycles. The maximum absolute atomic E-state index is 9.09. The van der Waals surface area contributed by atoms with Crippen LogP contribution in [-0.4, -0.2) is 0 Å². The quantitative estimate of drug-likeness (QED) is 0.0638. The zero-order valence-electron chi connectivity index (χ0n) is 41.2. The van der Waals surface area contributed by atoms with Gasteiger partial charge in [0.2, 0.25) is 0 Å². The van der Waals surface area contributed by atoms with Crippen LogP contribution in [0.15, 0.2) is 133 Å². The van der Waals surface area contributed by atoms with Crippen molar-refractivity contribution in [3.8, 4) is 23.3 Å². The van der Waals surface area contributed by atoms with Crippen LogP contribution in [0, 0.1) is 22.7 Å². The zero-order valence-corrected chi connectivity index (χ0v) is 41.2. The summed E-state index contributed by atoms with van der Waals surface area (Å²) in [6, 6.07) is 51.5. The molecule has 7 rings (SSSR count). The summed E-state index contributed by atoms with van der Waals surface area (Å²) >= 11 is 0. The van der Waals surface area contributed by atoms with Crippen LogP contribution in [0.1, 0.15) is 185 Å². The molecule has 0 aliphatic heterocycles. The van der Waals surface area contributed by atoms with Gasteiger partial charge in [-0.3, -0.25) is 0 Å². The highest BCUT2D eigenvalue weighted by Crippen LogP contribution is 2.55. The molecule has 0 radical (unpaired) electrons. The molecule has 0 amide bonds. The van der Waals surface area contributed by atoms with Crippen LogP contribution in [0.2, 0.25) is 0 Å². The summed E-state index contributed by atoms with van der Waals surface area (Å²) in [7, 11) is 0. The van der Waals surface area contributed by atoms with Crippen LogP contribution in [0.5, 0.6) is 0 Å². The number of nitriles is 2. The monoisotopic (exact) mass is 881 g/mol. The Morgan fingerprint density at radius 1 is 0.343 bits per heavy atom. The molecule has 0 unspecified atom stereocenters. The highest BCUT2D eigenvalue weighted by atomic mass is 14.4. The molecule has 1 aliphatic rings. The molecule has 0 saturated carbocycles. The molecule has 2 nitrogen and oxygen atoms in total. The average Bonchev–Trinajstić information content (AvgIpc) is 3.63. The second-order valence-corrected chi connectivity index (χ2v) is 17.9. The van der Waals surface area contributed by atoms with Gasteiger partial charge in [0.15, 0.2) is 0 Å². The van der Waals surface area contributed by atoms with Crippen LogP contribution in [-0.2, 0) is 5.41 Å². The summed E-state index contributed by atoms with van der Waals surface area (Å²) in [5.74, 6) is 0. The van der Waals surface area contributed by atoms with Crippen molar-refractivity contribution < 1.29 is 0 Å².